The van der Waals surface area contributed by atoms with Gasteiger partial charge in [0.1, 0.15) is 13.2 Å². The van der Waals surface area contributed by atoms with Crippen LogP contribution in [0.2, 0.25) is 0 Å². The number of nitrogens with one attached hydrogen (secondary N) is 1. The largest absolute Gasteiger partial charge is 0.472 e. The van der Waals surface area contributed by atoms with Gasteiger partial charge in [0.15, 0.2) is 0 Å². The summed E-state index contributed by atoms with van der Waals surface area (Å²) in [5, 5.41) is 14.1. The van der Waals surface area contributed by atoms with E-state index >= 15 is 0 Å². The van der Waals surface area contributed by atoms with Crippen LogP contribution in [0.15, 0.2) is 97.2 Å². The summed E-state index contributed by atoms with van der Waals surface area (Å²) in [4.78, 5) is 23.4. The fourth-order valence-electron chi connectivity index (χ4n) is 9.12. The monoisotopic (exact) mass is 1100 g/mol. The Balaban J connectivity index is 4.21. The number of unbranched alkanes of at least 4 members (excludes halogenated alkanes) is 29. The van der Waals surface area contributed by atoms with Crippen molar-refractivity contribution in [1.29, 1.82) is 0 Å². The van der Waals surface area contributed by atoms with Gasteiger partial charge in [-0.1, -0.05) is 291 Å². The normalized spacial score (nSPS) is 14.4. The zero-order chi connectivity index (χ0) is 56.3. The molecule has 0 rings (SSSR count). The summed E-state index contributed by atoms with van der Waals surface area (Å²) >= 11 is 0. The number of carbonyl (C=O) groups is 1. The van der Waals surface area contributed by atoms with Crippen LogP contribution in [0.5, 0.6) is 0 Å². The lowest BCUT2D eigenvalue weighted by atomic mass is 10.0. The van der Waals surface area contributed by atoms with Crippen molar-refractivity contribution in [2.24, 2.45) is 0 Å². The molecular weight excluding hydrogens is 972 g/mol. The SMILES string of the molecule is CC/C=C\C/C=C\C/C=C\C/C=C\C/C=C\C/C=C\C/C=C\C/C=C\CCCCC(=O)NC(COP(=O)(O)OCC[N+](C)(C)C)C(O)CCCCCCCCCCCCCCCCCCCCCCCCCCCCCC. The Hall–Kier alpha value is -2.58. The standard InChI is InChI=1S/C68H123N2O6P/c1-6-8-10-12-14-16-18-20-22-24-26-28-30-32-34-36-37-39-41-43-45-47-49-51-53-55-57-59-61-67(71)66(65-76-77(73,74)75-64-63-70(3,4)5)69-68(72)62-60-58-56-54-52-50-48-46-44-42-40-38-35-33-31-29-27-25-23-21-19-17-15-13-11-9-7-2/h9,11,15,17,21,23,27,29,33,35,40,42,46,48,52,54,66-67,71H,6-8,10,12-14,16,18-20,22,24-26,28,30-32,34,36-39,41,43-45,47,49-51,53,55-65H2,1-5H3,(H-,69,72,73,74)/p+1/b11-9-,17-15-,23-21-,29-27-,35-33-,42-40-,48-46-,54-52-. The molecule has 0 aromatic carbocycles. The summed E-state index contributed by atoms with van der Waals surface area (Å²) < 4.78 is 23.8. The number of amides is 1. The quantitative estimate of drug-likeness (QED) is 0.0243. The van der Waals surface area contributed by atoms with E-state index in [0.717, 1.165) is 83.5 Å². The molecule has 0 aromatic heterocycles. The maximum atomic E-state index is 13.0. The zero-order valence-corrected chi connectivity index (χ0v) is 51.8. The van der Waals surface area contributed by atoms with Crippen LogP contribution in [0.1, 0.15) is 277 Å². The molecule has 3 N–H and O–H groups in total. The smallest absolute Gasteiger partial charge is 0.391 e. The van der Waals surface area contributed by atoms with E-state index in [0.29, 0.717) is 30.3 Å². The molecule has 0 radical (unpaired) electrons. The van der Waals surface area contributed by atoms with Gasteiger partial charge < -0.3 is 19.8 Å². The maximum Gasteiger partial charge on any atom is 0.472 e. The van der Waals surface area contributed by atoms with E-state index in [1.165, 1.54) is 161 Å². The number of phosphoric acid groups is 1. The van der Waals surface area contributed by atoms with Crippen molar-refractivity contribution in [1.82, 2.24) is 5.32 Å². The summed E-state index contributed by atoms with van der Waals surface area (Å²) in [6.45, 7) is 4.76. The van der Waals surface area contributed by atoms with Crippen LogP contribution in [0.3, 0.4) is 0 Å². The highest BCUT2D eigenvalue weighted by Crippen LogP contribution is 2.43. The van der Waals surface area contributed by atoms with E-state index in [1.54, 1.807) is 0 Å². The Morgan fingerprint density at radius 3 is 1.12 bits per heavy atom. The Morgan fingerprint density at radius 2 is 0.779 bits per heavy atom. The van der Waals surface area contributed by atoms with Gasteiger partial charge in [0.2, 0.25) is 5.91 Å². The first kappa shape index (κ1) is 74.4. The fourth-order valence-corrected chi connectivity index (χ4v) is 9.86. The van der Waals surface area contributed by atoms with Gasteiger partial charge in [-0.25, -0.2) is 4.57 Å². The lowest BCUT2D eigenvalue weighted by Crippen LogP contribution is -2.46. The van der Waals surface area contributed by atoms with Gasteiger partial charge >= 0.3 is 7.82 Å². The Bertz CT molecular complexity index is 1570. The van der Waals surface area contributed by atoms with Crippen LogP contribution < -0.4 is 5.32 Å². The number of nitrogens with zero attached hydrogens (tertiary/aromatic N) is 1. The number of hydrogen-bond acceptors (Lipinski definition) is 5. The molecule has 0 bridgehead atoms. The summed E-state index contributed by atoms with van der Waals surface area (Å²) in [6, 6.07) is -0.793. The van der Waals surface area contributed by atoms with E-state index in [2.05, 4.69) is 116 Å². The average Bonchev–Trinajstić information content (AvgIpc) is 3.39. The second-order valence-corrected chi connectivity index (χ2v) is 24.2. The molecule has 8 nitrogen and oxygen atoms in total. The van der Waals surface area contributed by atoms with Gasteiger partial charge in [0, 0.05) is 6.42 Å². The van der Waals surface area contributed by atoms with E-state index in [1.807, 2.05) is 21.1 Å². The highest BCUT2D eigenvalue weighted by molar-refractivity contribution is 7.47. The molecule has 1 amide bonds. The minimum Gasteiger partial charge on any atom is -0.391 e. The molecule has 0 aliphatic carbocycles. The van der Waals surface area contributed by atoms with Crippen molar-refractivity contribution >= 4 is 13.7 Å². The molecule has 0 heterocycles. The van der Waals surface area contributed by atoms with Gasteiger partial charge in [-0.05, 0) is 77.0 Å². The van der Waals surface area contributed by atoms with Crippen molar-refractivity contribution in [3.8, 4) is 0 Å². The molecular formula is C68H124N2O6P+. The van der Waals surface area contributed by atoms with Crippen LogP contribution in [0.4, 0.5) is 0 Å². The summed E-state index contributed by atoms with van der Waals surface area (Å²) in [5.74, 6) is -0.187. The summed E-state index contributed by atoms with van der Waals surface area (Å²) in [7, 11) is 1.58. The third-order valence-electron chi connectivity index (χ3n) is 14.1. The molecule has 77 heavy (non-hydrogen) atoms. The predicted octanol–water partition coefficient (Wildman–Crippen LogP) is 20.2. The second kappa shape index (κ2) is 58.1. The number of aliphatic hydroxyl groups is 1. The van der Waals surface area contributed by atoms with Crippen LogP contribution in [0, 0.1) is 0 Å². The molecule has 3 atom stereocenters. The molecule has 9 heteroatoms. The van der Waals surface area contributed by atoms with Gasteiger partial charge in [0.05, 0.1) is 39.9 Å². The van der Waals surface area contributed by atoms with E-state index in [4.69, 9.17) is 9.05 Å². The predicted molar refractivity (Wildman–Crippen MR) is 336 cm³/mol. The lowest BCUT2D eigenvalue weighted by molar-refractivity contribution is -0.870. The Labute approximate surface area is 477 Å². The molecule has 0 saturated heterocycles. The minimum absolute atomic E-state index is 0.0611. The lowest BCUT2D eigenvalue weighted by Gasteiger charge is -2.26. The number of allylic oxidation sites excluding steroid dienone is 16. The van der Waals surface area contributed by atoms with Crippen molar-refractivity contribution in [3.05, 3.63) is 97.2 Å². The summed E-state index contributed by atoms with van der Waals surface area (Å²) in [5.41, 5.74) is 0. The number of phosphoric ester groups is 1. The van der Waals surface area contributed by atoms with E-state index in [9.17, 15) is 19.4 Å². The third kappa shape index (κ3) is 60.9. The van der Waals surface area contributed by atoms with E-state index < -0.39 is 20.0 Å². The van der Waals surface area contributed by atoms with Gasteiger partial charge in [-0.3, -0.25) is 13.8 Å². The van der Waals surface area contributed by atoms with Crippen molar-refractivity contribution in [3.63, 3.8) is 0 Å². The number of rotatable bonds is 58. The molecule has 0 saturated carbocycles. The fraction of sp³-hybridized carbons (Fsp3) is 0.750. The Morgan fingerprint density at radius 1 is 0.455 bits per heavy atom. The molecule has 0 spiro atoms. The first-order chi connectivity index (χ1) is 37.5. The van der Waals surface area contributed by atoms with Crippen LogP contribution in [0.25, 0.3) is 0 Å². The van der Waals surface area contributed by atoms with Gasteiger partial charge in [-0.15, -0.1) is 0 Å². The van der Waals surface area contributed by atoms with Gasteiger partial charge in [-0.2, -0.15) is 0 Å². The highest BCUT2D eigenvalue weighted by atomic mass is 31.2. The molecule has 0 fully saturated rings. The van der Waals surface area contributed by atoms with Crippen LogP contribution in [-0.2, 0) is 18.4 Å². The number of hydrogen-bond donors (Lipinski definition) is 3. The van der Waals surface area contributed by atoms with Crippen LogP contribution >= 0.6 is 7.82 Å². The number of quaternary nitrogens is 1. The van der Waals surface area contributed by atoms with Crippen LogP contribution in [-0.4, -0.2) is 73.4 Å². The molecule has 3 unspecified atom stereocenters. The number of likely N-dealkylation sites (N-methyl/N-ethyl adjacent to an activating group) is 1. The summed E-state index contributed by atoms with van der Waals surface area (Å²) in [6.07, 6.45) is 83.5. The topological polar surface area (TPSA) is 105 Å². The molecule has 0 aliphatic heterocycles. The Kier molecular flexibility index (Phi) is 56.1. The minimum atomic E-state index is -4.35. The highest BCUT2D eigenvalue weighted by Gasteiger charge is 2.28. The molecule has 0 aromatic rings. The van der Waals surface area contributed by atoms with Crippen molar-refractivity contribution in [2.75, 3.05) is 40.9 Å². The number of carbonyl (C=O) groups excluding carboxylic acids is 1. The second-order valence-electron chi connectivity index (χ2n) is 22.8. The first-order valence-corrected chi connectivity index (χ1v) is 33.6. The average molecular weight is 1100 g/mol. The molecule has 446 valence electrons. The molecule has 0 aliphatic rings. The number of aliphatic hydroxyl groups excluding tert-OH is 1. The first-order valence-electron chi connectivity index (χ1n) is 32.1. The van der Waals surface area contributed by atoms with Gasteiger partial charge in [0.25, 0.3) is 0 Å². The third-order valence-corrected chi connectivity index (χ3v) is 15.1. The maximum absolute atomic E-state index is 13.0. The van der Waals surface area contributed by atoms with E-state index in [-0.39, 0.29) is 19.1 Å². The zero-order valence-electron chi connectivity index (χ0n) is 50.9. The van der Waals surface area contributed by atoms with Crippen molar-refractivity contribution in [2.45, 2.75) is 289 Å². The van der Waals surface area contributed by atoms with Crippen molar-refractivity contribution < 1.29 is 32.9 Å².